The molecule has 0 fully saturated rings. The number of rotatable bonds is 20. The van der Waals surface area contributed by atoms with Crippen molar-refractivity contribution in [1.29, 1.82) is 0 Å². The Labute approximate surface area is 330 Å². The van der Waals surface area contributed by atoms with Crippen LogP contribution in [0.15, 0.2) is 0 Å². The van der Waals surface area contributed by atoms with E-state index in [-0.39, 0.29) is 71.9 Å². The van der Waals surface area contributed by atoms with Gasteiger partial charge in [0.1, 0.15) is 0 Å². The first-order valence-corrected chi connectivity index (χ1v) is 28.2. The first kappa shape index (κ1) is 51.7. The average Bonchev–Trinajstić information content (AvgIpc) is 2.89. The summed E-state index contributed by atoms with van der Waals surface area (Å²) in [5.41, 5.74) is -7.14. The van der Waals surface area contributed by atoms with E-state index < -0.39 is 76.7 Å². The number of hydrogen-bond donors (Lipinski definition) is 0. The van der Waals surface area contributed by atoms with Crippen molar-refractivity contribution in [3.63, 3.8) is 0 Å². The zero-order valence-electron chi connectivity index (χ0n) is 37.4. The number of ketones is 8. The zero-order chi connectivity index (χ0) is 42.8. The van der Waals surface area contributed by atoms with Crippen LogP contribution in [-0.4, -0.2) is 46.3 Å². The number of carbonyl (C=O) groups excluding carboxylic acids is 8. The van der Waals surface area contributed by atoms with Gasteiger partial charge in [-0.05, 0) is 0 Å². The van der Waals surface area contributed by atoms with Crippen molar-refractivity contribution >= 4 is 46.3 Å². The van der Waals surface area contributed by atoms with Gasteiger partial charge in [-0.2, -0.15) is 0 Å². The summed E-state index contributed by atoms with van der Waals surface area (Å²) in [6.07, 6.45) is -1.08. The van der Waals surface area contributed by atoms with Crippen molar-refractivity contribution in [2.75, 3.05) is 0 Å². The van der Waals surface area contributed by atoms with Gasteiger partial charge in [-0.15, -0.1) is 0 Å². The average molecular weight is 873 g/mol. The minimum absolute atomic E-state index is 0.193. The first-order chi connectivity index (χ1) is 23.0. The fraction of sp³-hybridized carbons (Fsp3) is 0.818. The van der Waals surface area contributed by atoms with E-state index in [9.17, 15) is 38.4 Å². The van der Waals surface area contributed by atoms with Gasteiger partial charge in [0.2, 0.25) is 0 Å². The number of Topliss-reactive ketones (excluding diaryl/α,β-unsaturated/α-hetero) is 8. The van der Waals surface area contributed by atoms with Gasteiger partial charge in [0.15, 0.2) is 0 Å². The number of carbonyl (C=O) groups is 8. The third-order valence-corrected chi connectivity index (χ3v) is 31.4. The van der Waals surface area contributed by atoms with Crippen LogP contribution in [-0.2, 0) is 38.4 Å². The van der Waals surface area contributed by atoms with Crippen LogP contribution in [0.3, 0.4) is 0 Å². The van der Waals surface area contributed by atoms with Gasteiger partial charge in [0.05, 0.1) is 0 Å². The topological polar surface area (TPSA) is 137 Å². The van der Waals surface area contributed by atoms with E-state index >= 15 is 0 Å². The van der Waals surface area contributed by atoms with Crippen molar-refractivity contribution < 1.29 is 71.7 Å². The molecular weight excluding hydrogens is 797 g/mol. The van der Waals surface area contributed by atoms with Gasteiger partial charge >= 0.3 is 333 Å². The molecule has 0 aliphatic carbocycles. The van der Waals surface area contributed by atoms with Gasteiger partial charge in [0, 0.05) is 0 Å². The van der Waals surface area contributed by atoms with Crippen LogP contribution >= 0.6 is 0 Å². The van der Waals surface area contributed by atoms with E-state index in [4.69, 9.17) is 0 Å². The van der Waals surface area contributed by atoms with Crippen LogP contribution in [0.25, 0.3) is 0 Å². The molecule has 9 heteroatoms. The SMILES string of the molecule is CC(C)(C)C(=O)CC(=O)C(C)(C)[CH2][Ce]([CH2]C(C)(C)C(=O)CC(=O)C(C)(C)C)([CH2]C(C)(C)C(=O)CC(=O)C(C)(C)C)[CH2]C(C)(C)C(=O)CC(=O)C(C)(C)C. The third kappa shape index (κ3) is 16.0. The normalized spacial score (nSPS) is 14.1. The van der Waals surface area contributed by atoms with Gasteiger partial charge < -0.3 is 0 Å². The van der Waals surface area contributed by atoms with Crippen LogP contribution in [0.5, 0.6) is 0 Å². The van der Waals surface area contributed by atoms with Crippen molar-refractivity contribution in [3.05, 3.63) is 0 Å². The Hall–Kier alpha value is -1.26. The van der Waals surface area contributed by atoms with Crippen LogP contribution in [0.1, 0.15) is 164 Å². The molecule has 8 nitrogen and oxygen atoms in total. The zero-order valence-corrected chi connectivity index (χ0v) is 40.6. The standard InChI is InChI=1S/4C11H19O2.Ce/c4*1-10(2,3)8(12)7-9(13)11(4,5)6;/h4*1,7H2,2-6H3;. The van der Waals surface area contributed by atoms with E-state index in [1.165, 1.54) is 0 Å². The molecule has 0 rings (SSSR count). The molecule has 0 aliphatic rings. The Morgan fingerprint density at radius 1 is 0.264 bits per heavy atom. The van der Waals surface area contributed by atoms with E-state index in [0.717, 1.165) is 0 Å². The second kappa shape index (κ2) is 17.5. The minimum atomic E-state index is -4.63. The quantitative estimate of drug-likeness (QED) is 0.110. The maximum atomic E-state index is 14.1. The Morgan fingerprint density at radius 3 is 0.509 bits per heavy atom. The summed E-state index contributed by atoms with van der Waals surface area (Å²) in [5, 5.41) is 0. The van der Waals surface area contributed by atoms with Gasteiger partial charge in [0.25, 0.3) is 0 Å². The van der Waals surface area contributed by atoms with E-state index in [0.29, 0.717) is 7.75 Å². The molecule has 0 saturated heterocycles. The van der Waals surface area contributed by atoms with Gasteiger partial charge in [-0.1, -0.05) is 0 Å². The number of hydrogen-bond acceptors (Lipinski definition) is 8. The van der Waals surface area contributed by atoms with Gasteiger partial charge in [-0.25, -0.2) is 0 Å². The molecule has 0 radical (unpaired) electrons. The molecule has 0 aliphatic heterocycles. The van der Waals surface area contributed by atoms with Crippen LogP contribution < -0.4 is 0 Å². The summed E-state index contributed by atoms with van der Waals surface area (Å²) in [7, 11) is 0. The Bertz CT molecular complexity index is 1220. The summed E-state index contributed by atoms with van der Waals surface area (Å²) in [5.74, 6) is -1.74. The summed E-state index contributed by atoms with van der Waals surface area (Å²) in [6.45, 7) is 35.8. The molecule has 0 atom stereocenters. The molecule has 0 bridgehead atoms. The monoisotopic (exact) mass is 872 g/mol. The second-order valence-corrected chi connectivity index (χ2v) is 36.7. The summed E-state index contributed by atoms with van der Waals surface area (Å²) >= 11 is -4.63. The van der Waals surface area contributed by atoms with E-state index in [1.807, 2.05) is 55.4 Å². The predicted molar refractivity (Wildman–Crippen MR) is 211 cm³/mol. The summed E-state index contributed by atoms with van der Waals surface area (Å²) in [4.78, 5) is 109. The Morgan fingerprint density at radius 2 is 0.396 bits per heavy atom. The molecule has 0 spiro atoms. The second-order valence-electron chi connectivity index (χ2n) is 22.8. The van der Waals surface area contributed by atoms with E-state index in [2.05, 4.69) is 0 Å². The van der Waals surface area contributed by atoms with Crippen molar-refractivity contribution in [1.82, 2.24) is 0 Å². The molecule has 0 heterocycles. The third-order valence-electron chi connectivity index (χ3n) is 10.9. The fourth-order valence-electron chi connectivity index (χ4n) is 7.12. The molecule has 0 aromatic carbocycles. The molecule has 53 heavy (non-hydrogen) atoms. The van der Waals surface area contributed by atoms with Crippen LogP contribution in [0.4, 0.5) is 0 Å². The maximum absolute atomic E-state index is 14.1. The van der Waals surface area contributed by atoms with Crippen molar-refractivity contribution in [2.45, 2.75) is 172 Å². The molecule has 0 aromatic heterocycles. The Kier molecular flexibility index (Phi) is 17.1. The van der Waals surface area contributed by atoms with Crippen LogP contribution in [0, 0.1) is 76.7 Å². The predicted octanol–water partition coefficient (Wildman–Crippen LogP) is 10.2. The molecule has 0 amide bonds. The molecular formula is C44H76CeO8. The van der Waals surface area contributed by atoms with Gasteiger partial charge in [-0.3, -0.25) is 0 Å². The molecule has 0 saturated carbocycles. The fourth-order valence-corrected chi connectivity index (χ4v) is 35.5. The van der Waals surface area contributed by atoms with Crippen LogP contribution in [0.2, 0.25) is 7.75 Å². The molecule has 0 N–H and O–H groups in total. The summed E-state index contributed by atoms with van der Waals surface area (Å²) in [6, 6.07) is 0. The summed E-state index contributed by atoms with van der Waals surface area (Å²) < 4.78 is 1.31. The van der Waals surface area contributed by atoms with Crippen molar-refractivity contribution in [3.8, 4) is 0 Å². The molecule has 0 unspecified atom stereocenters. The Balaban J connectivity index is 7.80. The molecule has 0 aromatic rings. The first-order valence-electron chi connectivity index (χ1n) is 19.3. The van der Waals surface area contributed by atoms with E-state index in [1.54, 1.807) is 83.1 Å². The van der Waals surface area contributed by atoms with Crippen molar-refractivity contribution in [2.24, 2.45) is 43.3 Å². The molecule has 304 valence electrons.